The summed E-state index contributed by atoms with van der Waals surface area (Å²) in [4.78, 5) is 40.3. The van der Waals surface area contributed by atoms with Crippen LogP contribution in [0.4, 0.5) is 13.2 Å². The summed E-state index contributed by atoms with van der Waals surface area (Å²) < 4.78 is 66.8. The van der Waals surface area contributed by atoms with Gasteiger partial charge in [-0.25, -0.2) is 32.1 Å². The van der Waals surface area contributed by atoms with Crippen molar-refractivity contribution in [2.45, 2.75) is 31.0 Å². The second-order valence-electron chi connectivity index (χ2n) is 9.10. The monoisotopic (exact) mass is 584 g/mol. The number of nitriles is 1. The van der Waals surface area contributed by atoms with Crippen LogP contribution in [0.5, 0.6) is 0 Å². The van der Waals surface area contributed by atoms with Crippen LogP contribution in [0.25, 0.3) is 33.6 Å². The molecule has 0 saturated heterocycles. The summed E-state index contributed by atoms with van der Waals surface area (Å²) in [7, 11) is -4.17. The lowest BCUT2D eigenvalue weighted by Crippen LogP contribution is -2.39. The molecule has 0 aliphatic rings. The van der Waals surface area contributed by atoms with Gasteiger partial charge < -0.3 is 10.3 Å². The van der Waals surface area contributed by atoms with Crippen LogP contribution in [0.3, 0.4) is 0 Å². The van der Waals surface area contributed by atoms with E-state index in [2.05, 4.69) is 19.9 Å². The fraction of sp³-hybridized carbons (Fsp3) is 0.200. The third-order valence-electron chi connectivity index (χ3n) is 6.25. The molecule has 0 bridgehead atoms. The van der Waals surface area contributed by atoms with Crippen molar-refractivity contribution in [1.82, 2.24) is 33.8 Å². The third kappa shape index (κ3) is 5.02. The Bertz CT molecular complexity index is 2040. The highest BCUT2D eigenvalue weighted by Gasteiger charge is 2.30. The average Bonchev–Trinajstić information content (AvgIpc) is 3.47. The summed E-state index contributed by atoms with van der Waals surface area (Å²) in [5, 5.41) is 11.4. The van der Waals surface area contributed by atoms with Gasteiger partial charge in [-0.05, 0) is 32.0 Å². The van der Waals surface area contributed by atoms with Crippen LogP contribution in [-0.4, -0.2) is 55.5 Å². The SMILES string of the molecule is Cc1ccc(S(=O)(=O)n2cc(-c3ncc4[nH]c(=O)n(C(C)C(=O)NCC(F)(F)F)c4n3)c3cc(C#N)cnc32)cc1. The molecule has 12 nitrogen and oxygen atoms in total. The Hall–Kier alpha value is -5.04. The van der Waals surface area contributed by atoms with Crippen molar-refractivity contribution >= 4 is 38.1 Å². The Morgan fingerprint density at radius 2 is 1.88 bits per heavy atom. The number of aromatic amines is 1. The summed E-state index contributed by atoms with van der Waals surface area (Å²) in [6, 6.07) is 8.09. The number of hydrogen-bond acceptors (Lipinski definition) is 8. The lowest BCUT2D eigenvalue weighted by molar-refractivity contribution is -0.140. The predicted octanol–water partition coefficient (Wildman–Crippen LogP) is 2.79. The van der Waals surface area contributed by atoms with Gasteiger partial charge >= 0.3 is 11.9 Å². The molecular formula is C25H19F3N8O4S. The van der Waals surface area contributed by atoms with E-state index in [0.29, 0.717) is 0 Å². The Morgan fingerprint density at radius 1 is 1.17 bits per heavy atom. The number of fused-ring (bicyclic) bond motifs is 2. The van der Waals surface area contributed by atoms with Gasteiger partial charge in [0, 0.05) is 23.3 Å². The van der Waals surface area contributed by atoms with Gasteiger partial charge in [-0.1, -0.05) is 17.7 Å². The molecule has 5 aromatic rings. The minimum Gasteiger partial charge on any atom is -0.345 e. The Kier molecular flexibility index (Phi) is 6.62. The Labute approximate surface area is 229 Å². The second-order valence-corrected chi connectivity index (χ2v) is 10.9. The van der Waals surface area contributed by atoms with Gasteiger partial charge in [0.25, 0.3) is 10.0 Å². The highest BCUT2D eigenvalue weighted by Crippen LogP contribution is 2.31. The van der Waals surface area contributed by atoms with Crippen molar-refractivity contribution in [1.29, 1.82) is 5.26 Å². The molecule has 5 rings (SSSR count). The van der Waals surface area contributed by atoms with Gasteiger partial charge in [-0.2, -0.15) is 18.4 Å². The van der Waals surface area contributed by atoms with Crippen molar-refractivity contribution in [2.24, 2.45) is 0 Å². The van der Waals surface area contributed by atoms with Gasteiger partial charge in [0.2, 0.25) is 5.91 Å². The van der Waals surface area contributed by atoms with Crippen molar-refractivity contribution in [2.75, 3.05) is 6.54 Å². The fourth-order valence-corrected chi connectivity index (χ4v) is 5.51. The second kappa shape index (κ2) is 9.86. The minimum atomic E-state index is -4.65. The first-order chi connectivity index (χ1) is 19.3. The molecule has 1 atom stereocenters. The number of aromatic nitrogens is 6. The van der Waals surface area contributed by atoms with Crippen LogP contribution < -0.4 is 11.0 Å². The van der Waals surface area contributed by atoms with E-state index in [1.807, 2.05) is 6.07 Å². The number of hydrogen-bond donors (Lipinski definition) is 2. The number of rotatable bonds is 6. The smallest absolute Gasteiger partial charge is 0.345 e. The average molecular weight is 585 g/mol. The van der Waals surface area contributed by atoms with Crippen LogP contribution in [-0.2, 0) is 14.8 Å². The number of alkyl halides is 3. The maximum absolute atomic E-state index is 13.6. The molecule has 16 heteroatoms. The number of imidazole rings is 1. The molecule has 0 radical (unpaired) electrons. The molecule has 2 N–H and O–H groups in total. The quantitative estimate of drug-likeness (QED) is 0.307. The van der Waals surface area contributed by atoms with Crippen LogP contribution in [0.15, 0.2) is 58.6 Å². The molecule has 1 amide bonds. The predicted molar refractivity (Wildman–Crippen MR) is 139 cm³/mol. The van der Waals surface area contributed by atoms with E-state index in [4.69, 9.17) is 0 Å². The molecule has 0 saturated carbocycles. The van der Waals surface area contributed by atoms with E-state index < -0.39 is 40.4 Å². The largest absolute Gasteiger partial charge is 0.405 e. The van der Waals surface area contributed by atoms with Crippen molar-refractivity contribution in [3.63, 3.8) is 0 Å². The van der Waals surface area contributed by atoms with E-state index in [1.165, 1.54) is 43.7 Å². The van der Waals surface area contributed by atoms with Gasteiger partial charge in [0.15, 0.2) is 17.1 Å². The highest BCUT2D eigenvalue weighted by molar-refractivity contribution is 7.90. The van der Waals surface area contributed by atoms with Crippen molar-refractivity contribution < 1.29 is 26.4 Å². The summed E-state index contributed by atoms with van der Waals surface area (Å²) in [6.45, 7) is 1.45. The summed E-state index contributed by atoms with van der Waals surface area (Å²) >= 11 is 0. The van der Waals surface area contributed by atoms with Crippen molar-refractivity contribution in [3.8, 4) is 17.5 Å². The lowest BCUT2D eigenvalue weighted by atomic mass is 10.1. The van der Waals surface area contributed by atoms with Gasteiger partial charge in [0.1, 0.15) is 24.2 Å². The zero-order valence-corrected chi connectivity index (χ0v) is 22.1. The topological polar surface area (TPSA) is 168 Å². The number of nitrogens with zero attached hydrogens (tertiary/aromatic N) is 6. The number of H-pyrrole nitrogens is 1. The minimum absolute atomic E-state index is 0.0189. The van der Waals surface area contributed by atoms with E-state index >= 15 is 0 Å². The van der Waals surface area contributed by atoms with E-state index in [0.717, 1.165) is 14.1 Å². The summed E-state index contributed by atoms with van der Waals surface area (Å²) in [6.07, 6.45) is -0.999. The Morgan fingerprint density at radius 3 is 2.54 bits per heavy atom. The number of aryl methyl sites for hydroxylation is 1. The lowest BCUT2D eigenvalue weighted by Gasteiger charge is -2.14. The molecule has 0 fully saturated rings. The summed E-state index contributed by atoms with van der Waals surface area (Å²) in [5.41, 5.74) is 0.241. The molecule has 0 aliphatic heterocycles. The first-order valence-corrected chi connectivity index (χ1v) is 13.3. The van der Waals surface area contributed by atoms with E-state index in [-0.39, 0.29) is 44.0 Å². The number of amides is 1. The molecular weight excluding hydrogens is 565 g/mol. The van der Waals surface area contributed by atoms with E-state index in [9.17, 15) is 36.4 Å². The van der Waals surface area contributed by atoms with Crippen LogP contribution in [0, 0.1) is 18.3 Å². The molecule has 4 heterocycles. The Balaban J connectivity index is 1.67. The number of nitrogens with one attached hydrogen (secondary N) is 2. The molecule has 0 aliphatic carbocycles. The molecule has 4 aromatic heterocycles. The molecule has 0 spiro atoms. The summed E-state index contributed by atoms with van der Waals surface area (Å²) in [5.74, 6) is -1.16. The normalized spacial score (nSPS) is 12.9. The van der Waals surface area contributed by atoms with Crippen LogP contribution in [0.1, 0.15) is 24.1 Å². The molecule has 41 heavy (non-hydrogen) atoms. The third-order valence-corrected chi connectivity index (χ3v) is 7.91. The number of carbonyl (C=O) groups excluding carboxylic acids is 1. The van der Waals surface area contributed by atoms with Gasteiger partial charge in [-0.15, -0.1) is 0 Å². The maximum Gasteiger partial charge on any atom is 0.405 e. The fourth-order valence-electron chi connectivity index (χ4n) is 4.18. The van der Waals surface area contributed by atoms with Crippen LogP contribution >= 0.6 is 0 Å². The van der Waals surface area contributed by atoms with Crippen molar-refractivity contribution in [3.05, 3.63) is 70.5 Å². The van der Waals surface area contributed by atoms with E-state index in [1.54, 1.807) is 24.4 Å². The number of pyridine rings is 1. The van der Waals surface area contributed by atoms with Gasteiger partial charge in [0.05, 0.1) is 16.7 Å². The number of benzene rings is 1. The zero-order valence-electron chi connectivity index (χ0n) is 21.3. The zero-order chi connectivity index (χ0) is 29.7. The van der Waals surface area contributed by atoms with Gasteiger partial charge in [-0.3, -0.25) is 9.36 Å². The first-order valence-electron chi connectivity index (χ1n) is 11.9. The maximum atomic E-state index is 13.6. The molecule has 1 unspecified atom stereocenters. The first kappa shape index (κ1) is 27.5. The number of carbonyl (C=O) groups is 1. The molecule has 210 valence electrons. The van der Waals surface area contributed by atoms with Crippen LogP contribution in [0.2, 0.25) is 0 Å². The molecule has 1 aromatic carbocycles. The highest BCUT2D eigenvalue weighted by atomic mass is 32.2. The number of halogens is 3. The standard InChI is InChI=1S/C25H19F3N8O4S/c1-13-3-5-16(6-4-13)41(39,40)35-11-18(17-7-15(8-29)9-31-21(17)35)20-30-10-19-22(34-20)36(24(38)33-19)14(2)23(37)32-12-25(26,27)28/h3-7,9-11,14H,12H2,1-2H3,(H,32,37)(H,33,38).